The molecule has 0 aliphatic carbocycles. The second kappa shape index (κ2) is 7.30. The van der Waals surface area contributed by atoms with Gasteiger partial charge in [-0.15, -0.1) is 0 Å². The molecule has 104 valence electrons. The normalized spacial score (nSPS) is 14.8. The third-order valence-corrected chi connectivity index (χ3v) is 4.63. The second-order valence-corrected chi connectivity index (χ2v) is 7.19. The molecule has 0 fully saturated rings. The van der Waals surface area contributed by atoms with Gasteiger partial charge in [-0.1, -0.05) is 13.8 Å². The molecule has 8 heteroatoms. The summed E-state index contributed by atoms with van der Waals surface area (Å²) in [5, 5.41) is 0. The Labute approximate surface area is 104 Å². The van der Waals surface area contributed by atoms with Crippen molar-refractivity contribution < 1.29 is 25.2 Å². The Morgan fingerprint density at radius 3 is 1.88 bits per heavy atom. The van der Waals surface area contributed by atoms with E-state index in [1.54, 1.807) is 13.8 Å². The number of rotatable bonds is 9. The quantitative estimate of drug-likeness (QED) is 0.586. The smallest absolute Gasteiger partial charge is 0.267 e. The summed E-state index contributed by atoms with van der Waals surface area (Å²) < 4.78 is 54.3. The van der Waals surface area contributed by atoms with E-state index in [9.17, 15) is 16.8 Å². The predicted octanol–water partition coefficient (Wildman–Crippen LogP) is 0.888. The number of hydrogen-bond acceptors (Lipinski definition) is 6. The van der Waals surface area contributed by atoms with Crippen LogP contribution in [0.5, 0.6) is 0 Å². The van der Waals surface area contributed by atoms with Crippen LogP contribution >= 0.6 is 0 Å². The summed E-state index contributed by atoms with van der Waals surface area (Å²) in [5.41, 5.74) is 0. The van der Waals surface area contributed by atoms with E-state index in [1.165, 1.54) is 6.92 Å². The zero-order valence-corrected chi connectivity index (χ0v) is 12.0. The molecule has 1 unspecified atom stereocenters. The third-order valence-electron chi connectivity index (χ3n) is 1.70. The van der Waals surface area contributed by atoms with Crippen LogP contribution in [-0.4, -0.2) is 41.1 Å². The van der Waals surface area contributed by atoms with Crippen molar-refractivity contribution >= 4 is 20.2 Å². The van der Waals surface area contributed by atoms with Gasteiger partial charge in [0.15, 0.2) is 0 Å². The Balaban J connectivity index is 4.17. The highest BCUT2D eigenvalue weighted by Crippen LogP contribution is 2.05. The molecule has 0 saturated heterocycles. The average molecular weight is 288 g/mol. The summed E-state index contributed by atoms with van der Waals surface area (Å²) in [6, 6.07) is 0. The van der Waals surface area contributed by atoms with E-state index in [0.717, 1.165) is 0 Å². The summed E-state index contributed by atoms with van der Waals surface area (Å²) in [6.07, 6.45) is 0.0913. The van der Waals surface area contributed by atoms with Crippen LogP contribution in [0.4, 0.5) is 0 Å². The first-order valence-corrected chi connectivity index (χ1v) is 8.66. The largest absolute Gasteiger partial charge is 0.267 e. The standard InChI is InChI=1S/C9H20O6S2/c1-4-6-16(10,11)14-8-9(3)15-17(12,13)7-5-2/h9H,4-8H2,1-3H3. The maximum atomic E-state index is 11.3. The Kier molecular flexibility index (Phi) is 7.22. The van der Waals surface area contributed by atoms with E-state index in [0.29, 0.717) is 12.8 Å². The van der Waals surface area contributed by atoms with Crippen LogP contribution in [0.25, 0.3) is 0 Å². The molecule has 0 spiro atoms. The van der Waals surface area contributed by atoms with Crippen molar-refractivity contribution in [1.29, 1.82) is 0 Å². The molecule has 0 rings (SSSR count). The van der Waals surface area contributed by atoms with Gasteiger partial charge in [-0.25, -0.2) is 0 Å². The van der Waals surface area contributed by atoms with Gasteiger partial charge in [-0.2, -0.15) is 16.8 Å². The first kappa shape index (κ1) is 16.8. The lowest BCUT2D eigenvalue weighted by molar-refractivity contribution is 0.152. The Morgan fingerprint density at radius 2 is 1.41 bits per heavy atom. The minimum Gasteiger partial charge on any atom is -0.267 e. The zero-order chi connectivity index (χ0) is 13.5. The predicted molar refractivity (Wildman–Crippen MR) is 64.7 cm³/mol. The molecule has 0 radical (unpaired) electrons. The van der Waals surface area contributed by atoms with Crippen LogP contribution in [-0.2, 0) is 28.6 Å². The van der Waals surface area contributed by atoms with Crippen molar-refractivity contribution in [3.8, 4) is 0 Å². The van der Waals surface area contributed by atoms with Gasteiger partial charge < -0.3 is 0 Å². The first-order chi connectivity index (χ1) is 7.72. The minimum absolute atomic E-state index is 0.0819. The Bertz CT molecular complexity index is 397. The summed E-state index contributed by atoms with van der Waals surface area (Å²) in [6.45, 7) is 4.60. The molecule has 0 aromatic rings. The van der Waals surface area contributed by atoms with Gasteiger partial charge >= 0.3 is 0 Å². The molecule has 0 bridgehead atoms. The molecule has 0 heterocycles. The van der Waals surface area contributed by atoms with Crippen molar-refractivity contribution in [1.82, 2.24) is 0 Å². The van der Waals surface area contributed by atoms with E-state index in [4.69, 9.17) is 4.18 Å². The van der Waals surface area contributed by atoms with Gasteiger partial charge in [0, 0.05) is 0 Å². The summed E-state index contributed by atoms with van der Waals surface area (Å²) in [4.78, 5) is 0. The van der Waals surface area contributed by atoms with Gasteiger partial charge in [0.2, 0.25) is 0 Å². The van der Waals surface area contributed by atoms with Gasteiger partial charge in [0.1, 0.15) is 0 Å². The van der Waals surface area contributed by atoms with E-state index < -0.39 is 26.3 Å². The van der Waals surface area contributed by atoms with Crippen molar-refractivity contribution in [3.05, 3.63) is 0 Å². The lowest BCUT2D eigenvalue weighted by Gasteiger charge is -2.12. The van der Waals surface area contributed by atoms with Crippen molar-refractivity contribution in [2.24, 2.45) is 0 Å². The fourth-order valence-corrected chi connectivity index (χ4v) is 3.25. The molecule has 0 aliphatic rings. The average Bonchev–Trinajstić information content (AvgIpc) is 2.14. The Morgan fingerprint density at radius 1 is 0.941 bits per heavy atom. The minimum atomic E-state index is -3.59. The molecule has 0 aliphatic heterocycles. The molecule has 1 atom stereocenters. The van der Waals surface area contributed by atoms with E-state index >= 15 is 0 Å². The SMILES string of the molecule is CCCS(=O)(=O)OCC(C)OS(=O)(=O)CCC. The summed E-state index contributed by atoms with van der Waals surface area (Å²) >= 11 is 0. The summed E-state index contributed by atoms with van der Waals surface area (Å²) in [7, 11) is -7.16. The third kappa shape index (κ3) is 8.53. The highest BCUT2D eigenvalue weighted by atomic mass is 32.2. The lowest BCUT2D eigenvalue weighted by atomic mass is 10.5. The molecule has 0 aromatic carbocycles. The van der Waals surface area contributed by atoms with E-state index in [2.05, 4.69) is 4.18 Å². The van der Waals surface area contributed by atoms with Gasteiger partial charge in [0.05, 0.1) is 24.2 Å². The second-order valence-electron chi connectivity index (χ2n) is 3.71. The molecular formula is C9H20O6S2. The highest BCUT2D eigenvalue weighted by molar-refractivity contribution is 7.87. The molecule has 6 nitrogen and oxygen atoms in total. The Hall–Kier alpha value is -0.180. The maximum Gasteiger partial charge on any atom is 0.267 e. The molecule has 0 saturated carbocycles. The molecule has 17 heavy (non-hydrogen) atoms. The molecular weight excluding hydrogens is 268 g/mol. The van der Waals surface area contributed by atoms with Crippen LogP contribution in [0.15, 0.2) is 0 Å². The molecule has 0 N–H and O–H groups in total. The van der Waals surface area contributed by atoms with Crippen LogP contribution in [0.1, 0.15) is 33.6 Å². The topological polar surface area (TPSA) is 86.7 Å². The molecule has 0 aromatic heterocycles. The van der Waals surface area contributed by atoms with Gasteiger partial charge in [-0.05, 0) is 19.8 Å². The van der Waals surface area contributed by atoms with Crippen molar-refractivity contribution in [2.45, 2.75) is 39.7 Å². The van der Waals surface area contributed by atoms with Gasteiger partial charge in [-0.3, -0.25) is 8.37 Å². The lowest BCUT2D eigenvalue weighted by Crippen LogP contribution is -2.24. The van der Waals surface area contributed by atoms with Crippen LogP contribution in [0.3, 0.4) is 0 Å². The molecule has 0 amide bonds. The van der Waals surface area contributed by atoms with Crippen molar-refractivity contribution in [3.63, 3.8) is 0 Å². The van der Waals surface area contributed by atoms with E-state index in [-0.39, 0.29) is 18.1 Å². The maximum absolute atomic E-state index is 11.3. The summed E-state index contributed by atoms with van der Waals surface area (Å²) in [5.74, 6) is -0.166. The van der Waals surface area contributed by atoms with Crippen LogP contribution < -0.4 is 0 Å². The van der Waals surface area contributed by atoms with Crippen LogP contribution in [0, 0.1) is 0 Å². The van der Waals surface area contributed by atoms with Crippen LogP contribution in [0.2, 0.25) is 0 Å². The first-order valence-electron chi connectivity index (χ1n) is 5.50. The fourth-order valence-electron chi connectivity index (χ4n) is 1.08. The fraction of sp³-hybridized carbons (Fsp3) is 1.00. The number of hydrogen-bond donors (Lipinski definition) is 0. The van der Waals surface area contributed by atoms with Crippen molar-refractivity contribution in [2.75, 3.05) is 18.1 Å². The monoisotopic (exact) mass is 288 g/mol. The van der Waals surface area contributed by atoms with E-state index in [1.807, 2.05) is 0 Å². The zero-order valence-electron chi connectivity index (χ0n) is 10.4. The van der Waals surface area contributed by atoms with Gasteiger partial charge in [0.25, 0.3) is 20.2 Å². The highest BCUT2D eigenvalue weighted by Gasteiger charge is 2.18.